The molecule has 16 heteroatoms. The molecule has 6 aromatic rings. The maximum absolute atomic E-state index is 15.8. The zero-order valence-electron chi connectivity index (χ0n) is 34.0. The summed E-state index contributed by atoms with van der Waals surface area (Å²) in [5.41, 5.74) is 5.00. The fourth-order valence-electron chi connectivity index (χ4n) is 8.28. The number of nitrogens with zero attached hydrogens (tertiary/aromatic N) is 5. The number of benzene rings is 3. The Morgan fingerprint density at radius 2 is 1.38 bits per heavy atom. The molecule has 3 aromatic heterocycles. The molecule has 0 aliphatic carbocycles. The number of nitrogens with one attached hydrogen (secondary N) is 4. The summed E-state index contributed by atoms with van der Waals surface area (Å²) in [6, 6.07) is 21.3. The molecule has 4 unspecified atom stereocenters. The number of fused-ring (bicyclic) bond motifs is 1. The molecule has 5 heterocycles. The molecule has 0 radical (unpaired) electrons. The van der Waals surface area contributed by atoms with Gasteiger partial charge in [0.25, 0.3) is 5.91 Å². The van der Waals surface area contributed by atoms with Gasteiger partial charge in [-0.1, -0.05) is 55.5 Å². The van der Waals surface area contributed by atoms with Crippen molar-refractivity contribution >= 4 is 34.9 Å². The van der Waals surface area contributed by atoms with Crippen LogP contribution in [0.5, 0.6) is 0 Å². The molecule has 2 fully saturated rings. The largest absolute Gasteiger partial charge is 0.453 e. The van der Waals surface area contributed by atoms with Gasteiger partial charge in [-0.25, -0.2) is 28.9 Å². The van der Waals surface area contributed by atoms with Crippen molar-refractivity contribution in [2.75, 3.05) is 27.3 Å². The van der Waals surface area contributed by atoms with Crippen LogP contribution in [-0.2, 0) is 19.1 Å². The number of hydrogen-bond donors (Lipinski definition) is 4. The van der Waals surface area contributed by atoms with Crippen LogP contribution < -0.4 is 10.6 Å². The van der Waals surface area contributed by atoms with E-state index < -0.39 is 30.1 Å². The smallest absolute Gasteiger partial charge is 0.407 e. The predicted octanol–water partition coefficient (Wildman–Crippen LogP) is 7.38. The van der Waals surface area contributed by atoms with Gasteiger partial charge >= 0.3 is 12.2 Å². The van der Waals surface area contributed by atoms with Crippen LogP contribution in [0.25, 0.3) is 44.7 Å². The van der Waals surface area contributed by atoms with E-state index in [9.17, 15) is 19.2 Å². The van der Waals surface area contributed by atoms with E-state index in [-0.39, 0.29) is 23.9 Å². The molecule has 4 N–H and O–H groups in total. The highest BCUT2D eigenvalue weighted by Crippen LogP contribution is 2.36. The minimum Gasteiger partial charge on any atom is -0.453 e. The lowest BCUT2D eigenvalue weighted by molar-refractivity contribution is -0.135. The summed E-state index contributed by atoms with van der Waals surface area (Å²) < 4.78 is 25.3. The summed E-state index contributed by atoms with van der Waals surface area (Å²) in [4.78, 5) is 75.6. The van der Waals surface area contributed by atoms with Crippen LogP contribution in [0.2, 0.25) is 0 Å². The molecule has 2 aliphatic rings. The van der Waals surface area contributed by atoms with Gasteiger partial charge in [-0.3, -0.25) is 9.59 Å². The lowest BCUT2D eigenvalue weighted by Gasteiger charge is -2.28. The number of aromatic amines is 2. The fraction of sp³-hybridized carbons (Fsp3) is 0.311. The first-order valence-corrected chi connectivity index (χ1v) is 20.3. The second kappa shape index (κ2) is 17.6. The zero-order valence-corrected chi connectivity index (χ0v) is 34.0. The number of ether oxygens (including phenoxy) is 2. The van der Waals surface area contributed by atoms with Gasteiger partial charge in [-0.05, 0) is 68.0 Å². The SMILES string of the molecule is CCC(NC(=O)OC)C(=O)N1CCCC1c1ncc(-c2ccc(-c3ccc4cc(-c5cnc(C6CCCN6C(=O)C(NC(=O)OC)c6ccccc6)[nH]5)ccc4n3)c(F)c2)[nH]1. The van der Waals surface area contributed by atoms with Crippen LogP contribution >= 0.6 is 0 Å². The summed E-state index contributed by atoms with van der Waals surface area (Å²) in [6.07, 6.45) is 5.42. The molecule has 8 rings (SSSR count). The zero-order chi connectivity index (χ0) is 42.6. The van der Waals surface area contributed by atoms with Gasteiger partial charge in [0.2, 0.25) is 5.91 Å². The highest BCUT2D eigenvalue weighted by molar-refractivity contribution is 5.88. The summed E-state index contributed by atoms with van der Waals surface area (Å²) in [5.74, 6) is 0.346. The summed E-state index contributed by atoms with van der Waals surface area (Å²) in [5, 5.41) is 6.15. The third-order valence-corrected chi connectivity index (χ3v) is 11.5. The number of likely N-dealkylation sites (tertiary alicyclic amines) is 2. The molecule has 4 atom stereocenters. The van der Waals surface area contributed by atoms with E-state index >= 15 is 4.39 Å². The van der Waals surface area contributed by atoms with Crippen molar-refractivity contribution in [3.63, 3.8) is 0 Å². The Labute approximate surface area is 351 Å². The van der Waals surface area contributed by atoms with Crippen molar-refractivity contribution in [2.24, 2.45) is 0 Å². The summed E-state index contributed by atoms with van der Waals surface area (Å²) in [7, 11) is 2.52. The molecular weight excluding hydrogens is 782 g/mol. The van der Waals surface area contributed by atoms with Gasteiger partial charge in [0.05, 0.1) is 61.3 Å². The van der Waals surface area contributed by atoms with Gasteiger partial charge in [-0.2, -0.15) is 0 Å². The van der Waals surface area contributed by atoms with Crippen molar-refractivity contribution in [1.29, 1.82) is 0 Å². The van der Waals surface area contributed by atoms with Gasteiger partial charge in [-0.15, -0.1) is 0 Å². The number of carbonyl (C=O) groups excluding carboxylic acids is 4. The first kappa shape index (κ1) is 40.7. The van der Waals surface area contributed by atoms with Crippen LogP contribution in [0.1, 0.15) is 74.4 Å². The van der Waals surface area contributed by atoms with E-state index in [0.29, 0.717) is 77.6 Å². The average molecular weight is 828 g/mol. The number of imidazole rings is 2. The second-order valence-corrected chi connectivity index (χ2v) is 15.1. The van der Waals surface area contributed by atoms with Gasteiger partial charge < -0.3 is 39.9 Å². The summed E-state index contributed by atoms with van der Waals surface area (Å²) in [6.45, 7) is 2.88. The van der Waals surface area contributed by atoms with E-state index in [0.717, 1.165) is 29.5 Å². The van der Waals surface area contributed by atoms with Gasteiger partial charge in [0.1, 0.15) is 29.5 Å². The van der Waals surface area contributed by atoms with E-state index in [1.54, 1.807) is 46.5 Å². The number of rotatable bonds is 11. The van der Waals surface area contributed by atoms with Crippen molar-refractivity contribution in [3.8, 4) is 33.8 Å². The minimum absolute atomic E-state index is 0.204. The van der Waals surface area contributed by atoms with E-state index in [1.165, 1.54) is 20.3 Å². The molecule has 2 saturated heterocycles. The minimum atomic E-state index is -0.912. The lowest BCUT2D eigenvalue weighted by Crippen LogP contribution is -2.48. The highest BCUT2D eigenvalue weighted by Gasteiger charge is 2.38. The molecule has 0 saturated carbocycles. The Bertz CT molecular complexity index is 2580. The van der Waals surface area contributed by atoms with Crippen LogP contribution in [0.15, 0.2) is 91.3 Å². The third kappa shape index (κ3) is 8.38. The number of hydrogen-bond acceptors (Lipinski definition) is 9. The van der Waals surface area contributed by atoms with Crippen molar-refractivity contribution in [2.45, 2.75) is 63.2 Å². The Morgan fingerprint density at radius 3 is 2.00 bits per heavy atom. The molecule has 3 aromatic carbocycles. The van der Waals surface area contributed by atoms with Crippen molar-refractivity contribution in [3.05, 3.63) is 114 Å². The van der Waals surface area contributed by atoms with E-state index in [2.05, 4.69) is 30.6 Å². The van der Waals surface area contributed by atoms with Gasteiger partial charge in [0.15, 0.2) is 0 Å². The first-order valence-electron chi connectivity index (χ1n) is 20.3. The number of alkyl carbamates (subject to hydrolysis) is 2. The van der Waals surface area contributed by atoms with E-state index in [4.69, 9.17) is 14.5 Å². The number of amides is 4. The Morgan fingerprint density at radius 1 is 0.770 bits per heavy atom. The number of aromatic nitrogens is 5. The first-order chi connectivity index (χ1) is 29.6. The standard InChI is InChI=1S/C45H46FN9O6/c1-4-32(52-44(58)60-2)42(56)54-20-8-12-37(54)40-48-25-36(51-40)29-14-17-30(31(46)23-29)34-19-16-27-22-28(15-18-33(27)49-34)35-24-47-41(50-35)38-13-9-21-55(38)43(57)39(53-45(59)61-3)26-10-6-5-7-11-26/h5-7,10-11,14-19,22-25,32,37-39H,4,8-9,12-13,20-21H2,1-3H3,(H,47,50)(H,48,51)(H,52,58)(H,53,59). The number of pyridine rings is 1. The van der Waals surface area contributed by atoms with Gasteiger partial charge in [0, 0.05) is 35.2 Å². The quantitative estimate of drug-likeness (QED) is 0.103. The van der Waals surface area contributed by atoms with E-state index in [1.807, 2.05) is 55.5 Å². The maximum Gasteiger partial charge on any atom is 0.407 e. The molecule has 4 amide bonds. The fourth-order valence-corrected chi connectivity index (χ4v) is 8.28. The Hall–Kier alpha value is -7.10. The molecule has 0 bridgehead atoms. The van der Waals surface area contributed by atoms with Crippen LogP contribution in [0, 0.1) is 5.82 Å². The highest BCUT2D eigenvalue weighted by atomic mass is 19.1. The molecule has 0 spiro atoms. The Kier molecular flexibility index (Phi) is 11.8. The Balaban J connectivity index is 0.960. The number of halogens is 1. The summed E-state index contributed by atoms with van der Waals surface area (Å²) >= 11 is 0. The predicted molar refractivity (Wildman–Crippen MR) is 224 cm³/mol. The molecule has 2 aliphatic heterocycles. The molecule has 61 heavy (non-hydrogen) atoms. The molecule has 314 valence electrons. The molecular formula is C45H46FN9O6. The number of H-pyrrole nitrogens is 2. The number of methoxy groups -OCH3 is 2. The second-order valence-electron chi connectivity index (χ2n) is 15.1. The van der Waals surface area contributed by atoms with Crippen LogP contribution in [-0.4, -0.2) is 92.1 Å². The lowest BCUT2D eigenvalue weighted by atomic mass is 10.0. The van der Waals surface area contributed by atoms with Crippen molar-refractivity contribution in [1.82, 2.24) is 45.4 Å². The normalized spacial score (nSPS) is 17.2. The molecule has 15 nitrogen and oxygen atoms in total. The van der Waals surface area contributed by atoms with Crippen molar-refractivity contribution < 1.29 is 33.0 Å². The number of carbonyl (C=O) groups is 4. The third-order valence-electron chi connectivity index (χ3n) is 11.5. The maximum atomic E-state index is 15.8. The monoisotopic (exact) mass is 827 g/mol. The van der Waals surface area contributed by atoms with Crippen LogP contribution in [0.4, 0.5) is 14.0 Å². The average Bonchev–Trinajstić information content (AvgIpc) is 4.14. The topological polar surface area (TPSA) is 188 Å². The van der Waals surface area contributed by atoms with Crippen LogP contribution in [0.3, 0.4) is 0 Å².